The Hall–Kier alpha value is -3.98. The quantitative estimate of drug-likeness (QED) is 0.553. The van der Waals surface area contributed by atoms with Gasteiger partial charge in [-0.15, -0.1) is 0 Å². The molecule has 0 saturated carbocycles. The number of amides is 2. The first-order valence-electron chi connectivity index (χ1n) is 12.2. The number of allylic oxidation sites excluding steroid dienone is 1. The first-order valence-corrected chi connectivity index (χ1v) is 12.2. The second-order valence-electron chi connectivity index (χ2n) is 9.24. The molecule has 3 heterocycles. The number of nitriles is 2. The van der Waals surface area contributed by atoms with Crippen LogP contribution >= 0.6 is 0 Å². The number of hydrogen-bond acceptors (Lipinski definition) is 6. The van der Waals surface area contributed by atoms with Crippen molar-refractivity contribution in [2.45, 2.75) is 52.0 Å². The monoisotopic (exact) mass is 473 g/mol. The molecule has 1 aromatic heterocycles. The van der Waals surface area contributed by atoms with Gasteiger partial charge in [-0.25, -0.2) is 0 Å². The molecule has 2 fully saturated rings. The van der Waals surface area contributed by atoms with Crippen LogP contribution in [0.2, 0.25) is 0 Å². The van der Waals surface area contributed by atoms with E-state index in [-0.39, 0.29) is 29.8 Å². The van der Waals surface area contributed by atoms with Crippen LogP contribution in [0.3, 0.4) is 0 Å². The van der Waals surface area contributed by atoms with E-state index < -0.39 is 6.04 Å². The Labute approximate surface area is 205 Å². The Bertz CT molecular complexity index is 1220. The van der Waals surface area contributed by atoms with E-state index in [0.717, 1.165) is 60.9 Å². The van der Waals surface area contributed by atoms with Gasteiger partial charge in [0.05, 0.1) is 17.7 Å². The summed E-state index contributed by atoms with van der Waals surface area (Å²) < 4.78 is 0. The van der Waals surface area contributed by atoms with Crippen molar-refractivity contribution in [3.05, 3.63) is 40.9 Å². The fraction of sp³-hybridized carbons (Fsp3) is 0.462. The molecule has 2 amide bonds. The first-order chi connectivity index (χ1) is 16.9. The molecule has 1 aromatic carbocycles. The van der Waals surface area contributed by atoms with Gasteiger partial charge in [0.15, 0.2) is 5.57 Å². The smallest absolute Gasteiger partial charge is 0.245 e. The third kappa shape index (κ3) is 5.09. The molecule has 4 rings (SSSR count). The Morgan fingerprint density at radius 2 is 1.83 bits per heavy atom. The fourth-order valence-corrected chi connectivity index (χ4v) is 4.83. The van der Waals surface area contributed by atoms with Crippen LogP contribution < -0.4 is 10.6 Å². The molecule has 0 aliphatic carbocycles. The zero-order chi connectivity index (χ0) is 24.9. The van der Waals surface area contributed by atoms with Crippen molar-refractivity contribution in [3.8, 4) is 12.1 Å². The number of carbonyl (C=O) groups is 2. The van der Waals surface area contributed by atoms with E-state index >= 15 is 0 Å². The molecule has 0 radical (unpaired) electrons. The van der Waals surface area contributed by atoms with E-state index in [9.17, 15) is 20.1 Å². The van der Waals surface area contributed by atoms with Crippen molar-refractivity contribution in [1.82, 2.24) is 20.1 Å². The lowest BCUT2D eigenvalue weighted by Crippen LogP contribution is -2.49. The maximum atomic E-state index is 13.4. The molecule has 182 valence electrons. The number of para-hydroxylation sites is 1. The summed E-state index contributed by atoms with van der Waals surface area (Å²) in [6, 6.07) is 9.00. The third-order valence-electron chi connectivity index (χ3n) is 6.96. The minimum absolute atomic E-state index is 0.0238. The number of anilines is 1. The van der Waals surface area contributed by atoms with Gasteiger partial charge >= 0.3 is 0 Å². The van der Waals surface area contributed by atoms with Gasteiger partial charge in [0.1, 0.15) is 24.0 Å². The lowest BCUT2D eigenvalue weighted by molar-refractivity contribution is -0.140. The van der Waals surface area contributed by atoms with Gasteiger partial charge in [-0.2, -0.15) is 10.5 Å². The van der Waals surface area contributed by atoms with Crippen molar-refractivity contribution in [1.29, 1.82) is 10.5 Å². The summed E-state index contributed by atoms with van der Waals surface area (Å²) in [5.74, 6) is -0.0166. The summed E-state index contributed by atoms with van der Waals surface area (Å²) in [6.07, 6.45) is 4.15. The molecule has 0 unspecified atom stereocenters. The van der Waals surface area contributed by atoms with Crippen molar-refractivity contribution in [2.24, 2.45) is 0 Å². The van der Waals surface area contributed by atoms with Gasteiger partial charge in [-0.3, -0.25) is 9.59 Å². The van der Waals surface area contributed by atoms with E-state index in [1.165, 1.54) is 0 Å². The first kappa shape index (κ1) is 24.2. The van der Waals surface area contributed by atoms with Gasteiger partial charge in [0.25, 0.3) is 0 Å². The van der Waals surface area contributed by atoms with Crippen LogP contribution in [-0.4, -0.2) is 58.8 Å². The predicted molar refractivity (Wildman–Crippen MR) is 133 cm³/mol. The Morgan fingerprint density at radius 1 is 1.11 bits per heavy atom. The van der Waals surface area contributed by atoms with Crippen LogP contribution in [0.5, 0.6) is 0 Å². The Morgan fingerprint density at radius 3 is 2.54 bits per heavy atom. The lowest BCUT2D eigenvalue weighted by Gasteiger charge is -2.27. The molecular weight excluding hydrogens is 442 g/mol. The third-order valence-corrected chi connectivity index (χ3v) is 6.96. The van der Waals surface area contributed by atoms with E-state index in [2.05, 4.69) is 15.6 Å². The number of aromatic amines is 1. The predicted octanol–water partition coefficient (Wildman–Crippen LogP) is 3.05. The van der Waals surface area contributed by atoms with Gasteiger partial charge in [-0.05, 0) is 57.6 Å². The second-order valence-corrected chi connectivity index (χ2v) is 9.24. The molecule has 2 saturated heterocycles. The summed E-state index contributed by atoms with van der Waals surface area (Å²) >= 11 is 0. The summed E-state index contributed by atoms with van der Waals surface area (Å²) in [7, 11) is 0. The number of nitrogens with zero attached hydrogens (tertiary/aromatic N) is 4. The highest BCUT2D eigenvalue weighted by molar-refractivity contribution is 5.95. The lowest BCUT2D eigenvalue weighted by atomic mass is 10.1. The SMILES string of the molecule is Cc1[nH]c2c(NC(N[C@H]3CCCCN(CC(=O)N4CCCC4)C3=O)=C(C#N)C#N)cccc2c1C. The average molecular weight is 474 g/mol. The number of fused-ring (bicyclic) bond motifs is 1. The summed E-state index contributed by atoms with van der Waals surface area (Å²) in [4.78, 5) is 32.9. The minimum Gasteiger partial charge on any atom is -0.358 e. The van der Waals surface area contributed by atoms with Crippen molar-refractivity contribution >= 4 is 28.4 Å². The number of carbonyl (C=O) groups excluding carboxylic acids is 2. The highest BCUT2D eigenvalue weighted by Gasteiger charge is 2.31. The van der Waals surface area contributed by atoms with Crippen LogP contribution in [0.4, 0.5) is 5.69 Å². The Balaban J connectivity index is 1.58. The molecule has 9 nitrogen and oxygen atoms in total. The number of likely N-dealkylation sites (tertiary alicyclic amines) is 2. The maximum Gasteiger partial charge on any atom is 0.245 e. The number of hydrogen-bond donors (Lipinski definition) is 3. The molecule has 1 atom stereocenters. The molecule has 35 heavy (non-hydrogen) atoms. The summed E-state index contributed by atoms with van der Waals surface area (Å²) in [6.45, 7) is 6.10. The molecular formula is C26H31N7O2. The highest BCUT2D eigenvalue weighted by Crippen LogP contribution is 2.28. The van der Waals surface area contributed by atoms with Crippen LogP contribution in [0.1, 0.15) is 43.4 Å². The number of rotatable bonds is 6. The molecule has 0 spiro atoms. The van der Waals surface area contributed by atoms with E-state index in [1.807, 2.05) is 49.1 Å². The van der Waals surface area contributed by atoms with Crippen LogP contribution in [0, 0.1) is 36.5 Å². The average Bonchev–Trinajstić information content (AvgIpc) is 3.45. The number of H-pyrrole nitrogens is 1. The fourth-order valence-electron chi connectivity index (χ4n) is 4.83. The number of aromatic nitrogens is 1. The van der Waals surface area contributed by atoms with Crippen molar-refractivity contribution in [3.63, 3.8) is 0 Å². The number of nitrogens with one attached hydrogen (secondary N) is 3. The van der Waals surface area contributed by atoms with E-state index in [4.69, 9.17) is 0 Å². The standard InChI is InChI=1S/C26H31N7O2/c1-17-18(2)29-24-20(17)8-7-10-21(24)30-25(19(14-27)15-28)31-22-9-3-4-13-33(26(22)35)16-23(34)32-11-5-6-12-32/h7-8,10,22,29-31H,3-6,9,11-13,16H2,1-2H3/t22-/m0/s1. The zero-order valence-electron chi connectivity index (χ0n) is 20.3. The molecule has 2 aliphatic heterocycles. The summed E-state index contributed by atoms with van der Waals surface area (Å²) in [5.41, 5.74) is 3.58. The van der Waals surface area contributed by atoms with Crippen molar-refractivity contribution in [2.75, 3.05) is 31.5 Å². The number of aryl methyl sites for hydroxylation is 2. The molecule has 2 aromatic rings. The Kier molecular flexibility index (Phi) is 7.26. The second kappa shape index (κ2) is 10.5. The zero-order valence-corrected chi connectivity index (χ0v) is 20.3. The van der Waals surface area contributed by atoms with Crippen LogP contribution in [0.15, 0.2) is 29.6 Å². The van der Waals surface area contributed by atoms with E-state index in [1.54, 1.807) is 4.90 Å². The maximum absolute atomic E-state index is 13.4. The molecule has 9 heteroatoms. The van der Waals surface area contributed by atoms with Crippen LogP contribution in [-0.2, 0) is 9.59 Å². The van der Waals surface area contributed by atoms with E-state index in [0.29, 0.717) is 18.7 Å². The van der Waals surface area contributed by atoms with Gasteiger partial charge in [-0.1, -0.05) is 12.1 Å². The van der Waals surface area contributed by atoms with Crippen molar-refractivity contribution < 1.29 is 9.59 Å². The van der Waals surface area contributed by atoms with Gasteiger partial charge < -0.3 is 25.4 Å². The molecule has 3 N–H and O–H groups in total. The topological polar surface area (TPSA) is 128 Å². The summed E-state index contributed by atoms with van der Waals surface area (Å²) in [5, 5.41) is 26.6. The normalized spacial score (nSPS) is 18.1. The van der Waals surface area contributed by atoms with Gasteiger partial charge in [0.2, 0.25) is 11.8 Å². The molecule has 0 bridgehead atoms. The highest BCUT2D eigenvalue weighted by atomic mass is 16.2. The number of benzene rings is 1. The van der Waals surface area contributed by atoms with Gasteiger partial charge in [0, 0.05) is 30.7 Å². The van der Waals surface area contributed by atoms with Crippen LogP contribution in [0.25, 0.3) is 10.9 Å². The largest absolute Gasteiger partial charge is 0.358 e. The molecule has 2 aliphatic rings. The minimum atomic E-state index is -0.644.